The second-order valence-corrected chi connectivity index (χ2v) is 5.69. The normalized spacial score (nSPS) is 11.2. The Labute approximate surface area is 115 Å². The molecule has 0 spiro atoms. The summed E-state index contributed by atoms with van der Waals surface area (Å²) in [5, 5.41) is 0. The van der Waals surface area contributed by atoms with E-state index in [4.69, 9.17) is 39.5 Å². The highest BCUT2D eigenvalue weighted by Gasteiger charge is 2.26. The summed E-state index contributed by atoms with van der Waals surface area (Å²) in [7, 11) is 0. The molecule has 0 aliphatic carbocycles. The van der Waals surface area contributed by atoms with Crippen molar-refractivity contribution in [3.63, 3.8) is 0 Å². The molecule has 88 valence electrons. The summed E-state index contributed by atoms with van der Waals surface area (Å²) in [6, 6.07) is 16.5. The highest BCUT2D eigenvalue weighted by Crippen LogP contribution is 2.43. The molecule has 17 heavy (non-hydrogen) atoms. The average molecular weight is 288 g/mol. The Hall–Kier alpha value is -0.890. The molecule has 2 aromatic carbocycles. The van der Waals surface area contributed by atoms with E-state index in [1.165, 1.54) is 0 Å². The molecular formula is C13H9Cl3O. The van der Waals surface area contributed by atoms with E-state index in [0.717, 1.165) is 0 Å². The van der Waals surface area contributed by atoms with Gasteiger partial charge in [-0.1, -0.05) is 71.2 Å². The van der Waals surface area contributed by atoms with E-state index < -0.39 is 3.79 Å². The van der Waals surface area contributed by atoms with Crippen LogP contribution in [0.2, 0.25) is 0 Å². The Kier molecular flexibility index (Phi) is 3.82. The lowest BCUT2D eigenvalue weighted by atomic mass is 10.2. The monoisotopic (exact) mass is 286 g/mol. The number of hydrogen-bond acceptors (Lipinski definition) is 1. The van der Waals surface area contributed by atoms with Crippen molar-refractivity contribution in [1.82, 2.24) is 0 Å². The third-order valence-electron chi connectivity index (χ3n) is 2.16. The zero-order valence-electron chi connectivity index (χ0n) is 8.74. The molecule has 2 aromatic rings. The average Bonchev–Trinajstić information content (AvgIpc) is 2.30. The second-order valence-electron chi connectivity index (χ2n) is 3.41. The standard InChI is InChI=1S/C13H9Cl3O/c14-13(15,16)11-8-4-5-9-12(11)17-10-6-2-1-3-7-10/h1-9H. The third kappa shape index (κ3) is 3.29. The predicted molar refractivity (Wildman–Crippen MR) is 72.2 cm³/mol. The molecule has 0 saturated heterocycles. The Morgan fingerprint density at radius 3 is 2.00 bits per heavy atom. The van der Waals surface area contributed by atoms with E-state index in [9.17, 15) is 0 Å². The molecule has 4 heteroatoms. The maximum Gasteiger partial charge on any atom is 0.219 e. The van der Waals surface area contributed by atoms with Crippen LogP contribution in [-0.2, 0) is 3.79 Å². The smallest absolute Gasteiger partial charge is 0.219 e. The molecule has 2 rings (SSSR count). The van der Waals surface area contributed by atoms with Gasteiger partial charge in [-0.15, -0.1) is 0 Å². The Morgan fingerprint density at radius 2 is 1.35 bits per heavy atom. The van der Waals surface area contributed by atoms with Crippen LogP contribution in [0.15, 0.2) is 54.6 Å². The maximum absolute atomic E-state index is 5.88. The summed E-state index contributed by atoms with van der Waals surface area (Å²) in [6.07, 6.45) is 0. The van der Waals surface area contributed by atoms with E-state index in [1.807, 2.05) is 36.4 Å². The molecule has 0 N–H and O–H groups in total. The molecule has 0 atom stereocenters. The number of ether oxygens (including phenoxy) is 1. The van der Waals surface area contributed by atoms with Gasteiger partial charge in [-0.05, 0) is 18.2 Å². The zero-order valence-corrected chi connectivity index (χ0v) is 11.0. The van der Waals surface area contributed by atoms with Gasteiger partial charge in [0.2, 0.25) is 3.79 Å². The van der Waals surface area contributed by atoms with E-state index in [1.54, 1.807) is 18.2 Å². The molecule has 0 amide bonds. The van der Waals surface area contributed by atoms with Gasteiger partial charge in [-0.3, -0.25) is 0 Å². The van der Waals surface area contributed by atoms with Gasteiger partial charge in [0.1, 0.15) is 11.5 Å². The number of halogens is 3. The number of benzene rings is 2. The van der Waals surface area contributed by atoms with Crippen molar-refractivity contribution in [1.29, 1.82) is 0 Å². The minimum atomic E-state index is -1.49. The van der Waals surface area contributed by atoms with Gasteiger partial charge in [0.05, 0.1) is 0 Å². The van der Waals surface area contributed by atoms with Crippen LogP contribution in [-0.4, -0.2) is 0 Å². The van der Waals surface area contributed by atoms with Crippen molar-refractivity contribution in [3.05, 3.63) is 60.2 Å². The largest absolute Gasteiger partial charge is 0.457 e. The first kappa shape index (κ1) is 12.6. The first-order valence-corrected chi connectivity index (χ1v) is 6.10. The Bertz CT molecular complexity index is 492. The van der Waals surface area contributed by atoms with Crippen LogP contribution < -0.4 is 4.74 Å². The number of para-hydroxylation sites is 2. The fourth-order valence-electron chi connectivity index (χ4n) is 1.41. The van der Waals surface area contributed by atoms with Gasteiger partial charge in [-0.2, -0.15) is 0 Å². The van der Waals surface area contributed by atoms with Gasteiger partial charge in [0.25, 0.3) is 0 Å². The predicted octanol–water partition coefficient (Wildman–Crippen LogP) is 5.31. The molecule has 0 heterocycles. The number of alkyl halides is 3. The first-order valence-electron chi connectivity index (χ1n) is 4.96. The molecular weight excluding hydrogens is 279 g/mol. The quantitative estimate of drug-likeness (QED) is 0.681. The summed E-state index contributed by atoms with van der Waals surface area (Å²) in [5.74, 6) is 1.24. The van der Waals surface area contributed by atoms with Crippen molar-refractivity contribution in [3.8, 4) is 11.5 Å². The van der Waals surface area contributed by atoms with Crippen molar-refractivity contribution < 1.29 is 4.74 Å². The molecule has 0 fully saturated rings. The van der Waals surface area contributed by atoms with Gasteiger partial charge < -0.3 is 4.74 Å². The fraction of sp³-hybridized carbons (Fsp3) is 0.0769. The second kappa shape index (κ2) is 5.18. The van der Waals surface area contributed by atoms with Gasteiger partial charge in [0, 0.05) is 5.56 Å². The highest BCUT2D eigenvalue weighted by molar-refractivity contribution is 6.66. The molecule has 0 aromatic heterocycles. The van der Waals surface area contributed by atoms with Crippen LogP contribution in [0, 0.1) is 0 Å². The van der Waals surface area contributed by atoms with Crippen LogP contribution >= 0.6 is 34.8 Å². The molecule has 1 nitrogen and oxygen atoms in total. The van der Waals surface area contributed by atoms with E-state index in [0.29, 0.717) is 17.1 Å². The fourth-order valence-corrected chi connectivity index (χ4v) is 1.87. The van der Waals surface area contributed by atoms with Gasteiger partial charge in [0.15, 0.2) is 0 Å². The lowest BCUT2D eigenvalue weighted by Crippen LogP contribution is -2.02. The summed E-state index contributed by atoms with van der Waals surface area (Å²) in [4.78, 5) is 0. The third-order valence-corrected chi connectivity index (χ3v) is 2.77. The lowest BCUT2D eigenvalue weighted by molar-refractivity contribution is 0.477. The molecule has 0 bridgehead atoms. The number of hydrogen-bond donors (Lipinski definition) is 0. The van der Waals surface area contributed by atoms with Gasteiger partial charge >= 0.3 is 0 Å². The molecule has 0 aliphatic rings. The van der Waals surface area contributed by atoms with E-state index in [-0.39, 0.29) is 0 Å². The van der Waals surface area contributed by atoms with Crippen LogP contribution in [0.3, 0.4) is 0 Å². The Balaban J connectivity index is 2.34. The minimum Gasteiger partial charge on any atom is -0.457 e. The maximum atomic E-state index is 5.88. The molecule has 0 saturated carbocycles. The Morgan fingerprint density at radius 1 is 0.765 bits per heavy atom. The summed E-state index contributed by atoms with van der Waals surface area (Å²) in [5.41, 5.74) is 0.522. The highest BCUT2D eigenvalue weighted by atomic mass is 35.6. The summed E-state index contributed by atoms with van der Waals surface area (Å²) >= 11 is 17.6. The van der Waals surface area contributed by atoms with Crippen molar-refractivity contribution >= 4 is 34.8 Å². The SMILES string of the molecule is ClC(Cl)(Cl)c1ccccc1Oc1ccccc1. The minimum absolute atomic E-state index is 0.522. The van der Waals surface area contributed by atoms with Crippen molar-refractivity contribution in [2.45, 2.75) is 3.79 Å². The van der Waals surface area contributed by atoms with Crippen LogP contribution in [0.1, 0.15) is 5.56 Å². The van der Waals surface area contributed by atoms with Crippen molar-refractivity contribution in [2.75, 3.05) is 0 Å². The number of rotatable bonds is 2. The summed E-state index contributed by atoms with van der Waals surface area (Å²) in [6.45, 7) is 0. The topological polar surface area (TPSA) is 9.23 Å². The first-order chi connectivity index (χ1) is 8.07. The van der Waals surface area contributed by atoms with E-state index >= 15 is 0 Å². The molecule has 0 radical (unpaired) electrons. The van der Waals surface area contributed by atoms with Crippen molar-refractivity contribution in [2.24, 2.45) is 0 Å². The van der Waals surface area contributed by atoms with Crippen LogP contribution in [0.4, 0.5) is 0 Å². The van der Waals surface area contributed by atoms with Gasteiger partial charge in [-0.25, -0.2) is 0 Å². The molecule has 0 unspecified atom stereocenters. The lowest BCUT2D eigenvalue weighted by Gasteiger charge is -2.16. The van der Waals surface area contributed by atoms with E-state index in [2.05, 4.69) is 0 Å². The van der Waals surface area contributed by atoms with Crippen LogP contribution in [0.25, 0.3) is 0 Å². The molecule has 0 aliphatic heterocycles. The zero-order chi connectivity index (χ0) is 12.3. The van der Waals surface area contributed by atoms with Crippen LogP contribution in [0.5, 0.6) is 11.5 Å². The summed E-state index contributed by atoms with van der Waals surface area (Å²) < 4.78 is 4.19.